The Labute approximate surface area is 212 Å². The van der Waals surface area contributed by atoms with E-state index in [9.17, 15) is 14.0 Å². The molecule has 0 fully saturated rings. The van der Waals surface area contributed by atoms with Gasteiger partial charge in [-0.1, -0.05) is 42.5 Å². The first kappa shape index (κ1) is 26.7. The van der Waals surface area contributed by atoms with Crippen LogP contribution in [0.5, 0.6) is 11.5 Å². The maximum absolute atomic E-state index is 13.5. The summed E-state index contributed by atoms with van der Waals surface area (Å²) in [6, 6.07) is 21.5. The van der Waals surface area contributed by atoms with Crippen molar-refractivity contribution in [3.63, 3.8) is 0 Å². The lowest BCUT2D eigenvalue weighted by Crippen LogP contribution is -2.55. The van der Waals surface area contributed by atoms with Crippen LogP contribution in [0.1, 0.15) is 31.9 Å². The molecule has 0 saturated heterocycles. The number of nitrogens with zero attached hydrogens (tertiary/aromatic N) is 1. The molecule has 0 aliphatic carbocycles. The minimum Gasteiger partial charge on any atom is -0.497 e. The van der Waals surface area contributed by atoms with Crippen LogP contribution in [0.2, 0.25) is 0 Å². The summed E-state index contributed by atoms with van der Waals surface area (Å²) in [5, 5.41) is 3.01. The summed E-state index contributed by atoms with van der Waals surface area (Å²) in [6.45, 7) is 5.54. The molecule has 0 unspecified atom stereocenters. The molecule has 0 radical (unpaired) electrons. The van der Waals surface area contributed by atoms with Gasteiger partial charge in [0.15, 0.2) is 6.61 Å². The summed E-state index contributed by atoms with van der Waals surface area (Å²) in [5.41, 5.74) is 1.13. The summed E-state index contributed by atoms with van der Waals surface area (Å²) in [6.07, 6.45) is 0.318. The molecule has 0 aliphatic rings. The van der Waals surface area contributed by atoms with Gasteiger partial charge in [0.2, 0.25) is 5.91 Å². The number of methoxy groups -OCH3 is 1. The van der Waals surface area contributed by atoms with E-state index in [-0.39, 0.29) is 30.8 Å². The first-order valence-electron chi connectivity index (χ1n) is 11.8. The number of ether oxygens (including phenoxy) is 2. The van der Waals surface area contributed by atoms with Gasteiger partial charge in [-0.3, -0.25) is 9.59 Å². The molecule has 3 aromatic carbocycles. The molecule has 0 heterocycles. The summed E-state index contributed by atoms with van der Waals surface area (Å²) in [7, 11) is 1.57. The van der Waals surface area contributed by atoms with Gasteiger partial charge in [-0.15, -0.1) is 0 Å². The number of hydrogen-bond acceptors (Lipinski definition) is 4. The summed E-state index contributed by atoms with van der Waals surface area (Å²) in [5.74, 6) is 0.176. The fourth-order valence-corrected chi connectivity index (χ4v) is 3.69. The lowest BCUT2D eigenvalue weighted by molar-refractivity contribution is -0.143. The van der Waals surface area contributed by atoms with Crippen LogP contribution in [0.3, 0.4) is 0 Å². The third-order valence-electron chi connectivity index (χ3n) is 5.46. The Balaban J connectivity index is 1.90. The second-order valence-corrected chi connectivity index (χ2v) is 9.56. The number of nitrogens with one attached hydrogen (secondary N) is 1. The maximum Gasteiger partial charge on any atom is 0.261 e. The van der Waals surface area contributed by atoms with Crippen molar-refractivity contribution in [2.45, 2.75) is 45.3 Å². The monoisotopic (exact) mass is 492 g/mol. The van der Waals surface area contributed by atoms with E-state index < -0.39 is 11.6 Å². The van der Waals surface area contributed by atoms with Crippen molar-refractivity contribution in [1.82, 2.24) is 10.2 Å². The zero-order valence-corrected chi connectivity index (χ0v) is 21.2. The lowest BCUT2D eigenvalue weighted by Gasteiger charge is -2.33. The third-order valence-corrected chi connectivity index (χ3v) is 5.46. The lowest BCUT2D eigenvalue weighted by atomic mass is 10.0. The van der Waals surface area contributed by atoms with E-state index in [0.717, 1.165) is 5.56 Å². The highest BCUT2D eigenvalue weighted by Gasteiger charge is 2.32. The fraction of sp³-hybridized carbons (Fsp3) is 0.310. The number of benzene rings is 3. The van der Waals surface area contributed by atoms with Gasteiger partial charge in [-0.25, -0.2) is 4.39 Å². The molecule has 2 amide bonds. The van der Waals surface area contributed by atoms with Crippen LogP contribution in [-0.2, 0) is 22.6 Å². The molecule has 0 spiro atoms. The normalized spacial score (nSPS) is 11.9. The summed E-state index contributed by atoms with van der Waals surface area (Å²) in [4.78, 5) is 28.5. The van der Waals surface area contributed by atoms with E-state index in [4.69, 9.17) is 9.47 Å². The zero-order valence-electron chi connectivity index (χ0n) is 21.2. The first-order valence-corrected chi connectivity index (χ1v) is 11.8. The Hall–Kier alpha value is -3.87. The maximum atomic E-state index is 13.5. The van der Waals surface area contributed by atoms with Crippen LogP contribution in [0.4, 0.5) is 4.39 Å². The molecule has 1 N–H and O–H groups in total. The van der Waals surface area contributed by atoms with Crippen molar-refractivity contribution in [2.24, 2.45) is 0 Å². The zero-order chi connectivity index (χ0) is 26.1. The minimum atomic E-state index is -0.802. The predicted octanol–water partition coefficient (Wildman–Crippen LogP) is 4.77. The van der Waals surface area contributed by atoms with Gasteiger partial charge in [0.25, 0.3) is 5.91 Å². The van der Waals surface area contributed by atoms with Crippen LogP contribution >= 0.6 is 0 Å². The van der Waals surface area contributed by atoms with Gasteiger partial charge in [0, 0.05) is 18.5 Å². The number of rotatable bonds is 10. The van der Waals surface area contributed by atoms with Crippen LogP contribution in [0, 0.1) is 5.82 Å². The Bertz CT molecular complexity index is 1130. The number of hydrogen-bond donors (Lipinski definition) is 1. The van der Waals surface area contributed by atoms with Crippen molar-refractivity contribution in [3.8, 4) is 11.5 Å². The molecule has 3 aromatic rings. The predicted molar refractivity (Wildman–Crippen MR) is 137 cm³/mol. The second-order valence-electron chi connectivity index (χ2n) is 9.56. The molecule has 36 heavy (non-hydrogen) atoms. The van der Waals surface area contributed by atoms with Crippen molar-refractivity contribution in [1.29, 1.82) is 0 Å². The quantitative estimate of drug-likeness (QED) is 0.443. The number of halogens is 1. The van der Waals surface area contributed by atoms with Crippen molar-refractivity contribution in [3.05, 3.63) is 95.8 Å². The van der Waals surface area contributed by atoms with E-state index in [0.29, 0.717) is 23.5 Å². The summed E-state index contributed by atoms with van der Waals surface area (Å²) < 4.78 is 24.4. The van der Waals surface area contributed by atoms with E-state index >= 15 is 0 Å². The number of amides is 2. The molecule has 0 bridgehead atoms. The standard InChI is InChI=1S/C29H33FN2O4/c1-29(2,3)31-28(34)26(18-21-8-6-5-7-9-21)32(19-22-10-12-23(30)13-11-22)27(33)20-36-25-16-14-24(35-4)15-17-25/h5-17,26H,18-20H2,1-4H3,(H,31,34)/t26-/m1/s1. The molecule has 190 valence electrons. The van der Waals surface area contributed by atoms with Gasteiger partial charge in [-0.05, 0) is 68.3 Å². The topological polar surface area (TPSA) is 67.9 Å². The Morgan fingerprint density at radius 1 is 0.889 bits per heavy atom. The smallest absolute Gasteiger partial charge is 0.261 e. The molecule has 1 atom stereocenters. The molecule has 0 saturated carbocycles. The molecule has 3 rings (SSSR count). The molecular formula is C29H33FN2O4. The molecular weight excluding hydrogens is 459 g/mol. The van der Waals surface area contributed by atoms with Gasteiger partial charge in [0.05, 0.1) is 7.11 Å². The van der Waals surface area contributed by atoms with Gasteiger partial charge >= 0.3 is 0 Å². The van der Waals surface area contributed by atoms with Gasteiger partial charge in [-0.2, -0.15) is 0 Å². The van der Waals surface area contributed by atoms with Crippen LogP contribution in [0.15, 0.2) is 78.9 Å². The molecule has 0 aromatic heterocycles. The Kier molecular flexibility index (Phi) is 9.06. The largest absolute Gasteiger partial charge is 0.497 e. The highest BCUT2D eigenvalue weighted by molar-refractivity contribution is 5.89. The average Bonchev–Trinajstić information content (AvgIpc) is 2.85. The molecule has 6 nitrogen and oxygen atoms in total. The Morgan fingerprint density at radius 2 is 1.50 bits per heavy atom. The summed E-state index contributed by atoms with van der Waals surface area (Å²) >= 11 is 0. The molecule has 7 heteroatoms. The van der Waals surface area contributed by atoms with Gasteiger partial charge < -0.3 is 19.7 Å². The number of carbonyl (C=O) groups is 2. The number of carbonyl (C=O) groups excluding carboxylic acids is 2. The Morgan fingerprint density at radius 3 is 2.08 bits per heavy atom. The van der Waals surface area contributed by atoms with Crippen molar-refractivity contribution in [2.75, 3.05) is 13.7 Å². The third kappa shape index (κ3) is 8.12. The minimum absolute atomic E-state index is 0.125. The van der Waals surface area contributed by atoms with E-state index in [1.165, 1.54) is 17.0 Å². The van der Waals surface area contributed by atoms with Crippen LogP contribution in [0.25, 0.3) is 0 Å². The van der Waals surface area contributed by atoms with Gasteiger partial charge in [0.1, 0.15) is 23.4 Å². The van der Waals surface area contributed by atoms with Crippen LogP contribution < -0.4 is 14.8 Å². The van der Waals surface area contributed by atoms with E-state index in [1.54, 1.807) is 43.5 Å². The van der Waals surface area contributed by atoms with E-state index in [2.05, 4.69) is 5.32 Å². The van der Waals surface area contributed by atoms with Crippen LogP contribution in [-0.4, -0.2) is 42.0 Å². The fourth-order valence-electron chi connectivity index (χ4n) is 3.69. The van der Waals surface area contributed by atoms with Crippen molar-refractivity contribution >= 4 is 11.8 Å². The highest BCUT2D eigenvalue weighted by atomic mass is 19.1. The second kappa shape index (κ2) is 12.2. The van der Waals surface area contributed by atoms with Crippen molar-refractivity contribution < 1.29 is 23.5 Å². The SMILES string of the molecule is COc1ccc(OCC(=O)N(Cc2ccc(F)cc2)[C@H](Cc2ccccc2)C(=O)NC(C)(C)C)cc1. The molecule has 0 aliphatic heterocycles. The average molecular weight is 493 g/mol. The highest BCUT2D eigenvalue weighted by Crippen LogP contribution is 2.19. The van der Waals surface area contributed by atoms with E-state index in [1.807, 2.05) is 51.1 Å². The first-order chi connectivity index (χ1) is 17.1.